The molecule has 2 amide bonds. The lowest BCUT2D eigenvalue weighted by molar-refractivity contribution is -0.157. The molecule has 1 heterocycles. The van der Waals surface area contributed by atoms with E-state index in [1.54, 1.807) is 4.90 Å². The highest BCUT2D eigenvalue weighted by atomic mass is 79.9. The Kier molecular flexibility index (Phi) is 5.02. The van der Waals surface area contributed by atoms with Gasteiger partial charge in [0.1, 0.15) is 0 Å². The molecule has 6 nitrogen and oxygen atoms in total. The summed E-state index contributed by atoms with van der Waals surface area (Å²) in [6.07, 6.45) is 8.70. The standard InChI is InChI=1S/C20H29BrN2O4/c21-20-8-13-5-14(9-20)7-19(6-13,12-20)10-17(25)27-11-16(24)23-3-1-15(2-4-23)18(22)26/h13-15H,1-12H2,(H2,22,26). The molecule has 0 aromatic carbocycles. The zero-order valence-electron chi connectivity index (χ0n) is 15.8. The predicted molar refractivity (Wildman–Crippen MR) is 103 cm³/mol. The number of nitrogens with zero attached hydrogens (tertiary/aromatic N) is 1. The van der Waals surface area contributed by atoms with Crippen LogP contribution in [0.25, 0.3) is 0 Å². The summed E-state index contributed by atoms with van der Waals surface area (Å²) in [6, 6.07) is 0. The highest BCUT2D eigenvalue weighted by Gasteiger charge is 2.57. The van der Waals surface area contributed by atoms with E-state index in [1.165, 1.54) is 19.3 Å². The zero-order valence-corrected chi connectivity index (χ0v) is 17.3. The van der Waals surface area contributed by atoms with E-state index in [9.17, 15) is 14.4 Å². The molecule has 5 fully saturated rings. The first kappa shape index (κ1) is 19.2. The van der Waals surface area contributed by atoms with E-state index in [0.717, 1.165) is 31.1 Å². The minimum atomic E-state index is -0.298. The third kappa shape index (κ3) is 4.03. The summed E-state index contributed by atoms with van der Waals surface area (Å²) < 4.78 is 5.59. The van der Waals surface area contributed by atoms with Crippen LogP contribution in [0.1, 0.15) is 57.8 Å². The zero-order chi connectivity index (χ0) is 19.2. The Morgan fingerprint density at radius 3 is 2.26 bits per heavy atom. The number of hydrogen-bond donors (Lipinski definition) is 1. The Morgan fingerprint density at radius 2 is 1.70 bits per heavy atom. The summed E-state index contributed by atoms with van der Waals surface area (Å²) >= 11 is 3.97. The van der Waals surface area contributed by atoms with E-state index in [2.05, 4.69) is 15.9 Å². The maximum absolute atomic E-state index is 12.5. The fraction of sp³-hybridized carbons (Fsp3) is 0.850. The van der Waals surface area contributed by atoms with Crippen molar-refractivity contribution in [2.45, 2.75) is 62.1 Å². The van der Waals surface area contributed by atoms with Crippen LogP contribution in [0.15, 0.2) is 0 Å². The Balaban J connectivity index is 1.26. The van der Waals surface area contributed by atoms with Gasteiger partial charge in [-0.05, 0) is 68.6 Å². The van der Waals surface area contributed by atoms with Gasteiger partial charge in [0.15, 0.2) is 6.61 Å². The maximum atomic E-state index is 12.5. The van der Waals surface area contributed by atoms with Crippen LogP contribution in [0.4, 0.5) is 0 Å². The van der Waals surface area contributed by atoms with Crippen LogP contribution in [0.2, 0.25) is 0 Å². The van der Waals surface area contributed by atoms with E-state index in [1.807, 2.05) is 0 Å². The van der Waals surface area contributed by atoms with Crippen LogP contribution >= 0.6 is 15.9 Å². The fourth-order valence-corrected chi connectivity index (χ4v) is 8.06. The van der Waals surface area contributed by atoms with Gasteiger partial charge in [0, 0.05) is 23.3 Å². The maximum Gasteiger partial charge on any atom is 0.306 e. The minimum Gasteiger partial charge on any atom is -0.456 e. The van der Waals surface area contributed by atoms with Gasteiger partial charge in [-0.15, -0.1) is 0 Å². The van der Waals surface area contributed by atoms with E-state index in [4.69, 9.17) is 10.5 Å². The first-order valence-electron chi connectivity index (χ1n) is 10.2. The number of carbonyl (C=O) groups excluding carboxylic acids is 3. The molecule has 4 bridgehead atoms. The molecule has 27 heavy (non-hydrogen) atoms. The average Bonchev–Trinajstić information content (AvgIpc) is 2.57. The van der Waals surface area contributed by atoms with E-state index in [-0.39, 0.29) is 40.0 Å². The van der Waals surface area contributed by atoms with Crippen LogP contribution in [-0.2, 0) is 19.1 Å². The van der Waals surface area contributed by atoms with Crippen LogP contribution < -0.4 is 5.73 Å². The first-order chi connectivity index (χ1) is 12.8. The average molecular weight is 441 g/mol. The minimum absolute atomic E-state index is 0.0630. The van der Waals surface area contributed by atoms with E-state index < -0.39 is 0 Å². The van der Waals surface area contributed by atoms with Gasteiger partial charge in [0.05, 0.1) is 6.42 Å². The molecule has 0 radical (unpaired) electrons. The van der Waals surface area contributed by atoms with Gasteiger partial charge in [0.25, 0.3) is 5.91 Å². The summed E-state index contributed by atoms with van der Waals surface area (Å²) in [6.45, 7) is 0.815. The SMILES string of the molecule is NC(=O)C1CCN(C(=O)COC(=O)CC23CC4CC(CC(Br)(C4)C2)C3)CC1. The molecule has 4 saturated carbocycles. The molecule has 1 saturated heterocycles. The van der Waals surface area contributed by atoms with Crippen molar-refractivity contribution in [3.05, 3.63) is 0 Å². The van der Waals surface area contributed by atoms with Crippen molar-refractivity contribution in [2.75, 3.05) is 19.7 Å². The molecule has 2 N–H and O–H groups in total. The molecule has 2 atom stereocenters. The Hall–Kier alpha value is -1.11. The summed E-state index contributed by atoms with van der Waals surface area (Å²) in [5.74, 6) is 0.596. The number of nitrogens with two attached hydrogens (primary N) is 1. The lowest BCUT2D eigenvalue weighted by Crippen LogP contribution is -2.53. The molecule has 7 heteroatoms. The lowest BCUT2D eigenvalue weighted by atomic mass is 9.49. The molecule has 0 aromatic rings. The smallest absolute Gasteiger partial charge is 0.306 e. The number of alkyl halides is 1. The Bertz CT molecular complexity index is 630. The van der Waals surface area contributed by atoms with E-state index >= 15 is 0 Å². The fourth-order valence-electron chi connectivity index (χ4n) is 6.55. The number of hydrogen-bond acceptors (Lipinski definition) is 4. The van der Waals surface area contributed by atoms with Crippen LogP contribution in [0.5, 0.6) is 0 Å². The first-order valence-corrected chi connectivity index (χ1v) is 11.0. The molecule has 150 valence electrons. The molecule has 5 rings (SSSR count). The monoisotopic (exact) mass is 440 g/mol. The van der Waals surface area contributed by atoms with Crippen LogP contribution in [-0.4, -0.2) is 46.7 Å². The van der Waals surface area contributed by atoms with Crippen molar-refractivity contribution in [3.63, 3.8) is 0 Å². The van der Waals surface area contributed by atoms with Gasteiger partial charge in [-0.25, -0.2) is 0 Å². The second kappa shape index (κ2) is 7.05. The molecule has 0 aromatic heterocycles. The van der Waals surface area contributed by atoms with E-state index in [0.29, 0.717) is 32.4 Å². The predicted octanol–water partition coefficient (Wildman–Crippen LogP) is 2.38. The van der Waals surface area contributed by atoms with Crippen LogP contribution in [0.3, 0.4) is 0 Å². The Labute approximate surface area is 168 Å². The van der Waals surface area contributed by atoms with Crippen molar-refractivity contribution >= 4 is 33.7 Å². The third-order valence-corrected chi connectivity index (χ3v) is 8.16. The number of primary amides is 1. The summed E-state index contributed by atoms with van der Waals surface area (Å²) in [5.41, 5.74) is 5.39. The Morgan fingerprint density at radius 1 is 1.07 bits per heavy atom. The van der Waals surface area contributed by atoms with Crippen molar-refractivity contribution in [1.29, 1.82) is 0 Å². The number of piperidine rings is 1. The van der Waals surface area contributed by atoms with Crippen molar-refractivity contribution in [3.8, 4) is 0 Å². The third-order valence-electron chi connectivity index (χ3n) is 7.24. The van der Waals surface area contributed by atoms with Crippen molar-refractivity contribution in [2.24, 2.45) is 28.9 Å². The van der Waals surface area contributed by atoms with Crippen LogP contribution in [0, 0.1) is 23.2 Å². The van der Waals surface area contributed by atoms with Gasteiger partial charge in [-0.2, -0.15) is 0 Å². The number of ether oxygens (including phenoxy) is 1. The lowest BCUT2D eigenvalue weighted by Gasteiger charge is -2.60. The molecule has 0 spiro atoms. The topological polar surface area (TPSA) is 89.7 Å². The summed E-state index contributed by atoms with van der Waals surface area (Å²) in [4.78, 5) is 37.7. The summed E-state index contributed by atoms with van der Waals surface area (Å²) in [7, 11) is 0. The van der Waals surface area contributed by atoms with Gasteiger partial charge < -0.3 is 15.4 Å². The molecular formula is C20H29BrN2O4. The van der Waals surface area contributed by atoms with Crippen molar-refractivity contribution in [1.82, 2.24) is 4.90 Å². The molecule has 5 aliphatic rings. The molecule has 2 unspecified atom stereocenters. The number of rotatable bonds is 5. The number of amides is 2. The quantitative estimate of drug-likeness (QED) is 0.524. The van der Waals surface area contributed by atoms with Crippen molar-refractivity contribution < 1.29 is 19.1 Å². The molecule has 4 aliphatic carbocycles. The van der Waals surface area contributed by atoms with Gasteiger partial charge in [0.2, 0.25) is 5.91 Å². The molecule has 1 aliphatic heterocycles. The number of likely N-dealkylation sites (tertiary alicyclic amines) is 1. The number of carbonyl (C=O) groups is 3. The van der Waals surface area contributed by atoms with Gasteiger partial charge >= 0.3 is 5.97 Å². The second-order valence-corrected chi connectivity index (χ2v) is 11.2. The summed E-state index contributed by atoms with van der Waals surface area (Å²) in [5, 5.41) is 0. The second-order valence-electron chi connectivity index (χ2n) is 9.51. The normalized spacial score (nSPS) is 38.0. The molecular weight excluding hydrogens is 412 g/mol. The van der Waals surface area contributed by atoms with Gasteiger partial charge in [-0.3, -0.25) is 14.4 Å². The largest absolute Gasteiger partial charge is 0.456 e. The number of esters is 1. The highest BCUT2D eigenvalue weighted by molar-refractivity contribution is 9.10. The number of halogens is 1. The highest BCUT2D eigenvalue weighted by Crippen LogP contribution is 2.65. The van der Waals surface area contributed by atoms with Gasteiger partial charge in [-0.1, -0.05) is 15.9 Å².